The summed E-state index contributed by atoms with van der Waals surface area (Å²) in [7, 11) is 0. The number of nitrogens with one attached hydrogen (secondary N) is 2. The molecule has 1 fully saturated rings. The molecule has 0 saturated heterocycles. The van der Waals surface area contributed by atoms with Crippen LogP contribution in [0, 0.1) is 10.1 Å². The van der Waals surface area contributed by atoms with Gasteiger partial charge in [0, 0.05) is 0 Å². The van der Waals surface area contributed by atoms with Crippen LogP contribution in [-0.2, 0) is 4.74 Å². The average Bonchev–Trinajstić information content (AvgIpc) is 3.42. The van der Waals surface area contributed by atoms with Gasteiger partial charge in [-0.25, -0.2) is 9.59 Å². The van der Waals surface area contributed by atoms with E-state index in [1.807, 2.05) is 4.98 Å². The van der Waals surface area contributed by atoms with Gasteiger partial charge in [0.05, 0.1) is 22.3 Å². The van der Waals surface area contributed by atoms with Crippen LogP contribution in [0.15, 0.2) is 40.4 Å². The lowest BCUT2D eigenvalue weighted by Crippen LogP contribution is -2.30. The summed E-state index contributed by atoms with van der Waals surface area (Å²) >= 11 is 0. The first-order chi connectivity index (χ1) is 12.9. The van der Waals surface area contributed by atoms with Gasteiger partial charge < -0.3 is 14.5 Å². The average molecular weight is 373 g/mol. The number of H-pyrrole nitrogens is 2. The Kier molecular flexibility index (Phi) is 4.88. The van der Waals surface area contributed by atoms with E-state index in [1.54, 1.807) is 0 Å². The Morgan fingerprint density at radius 3 is 2.70 bits per heavy atom. The van der Waals surface area contributed by atoms with Crippen molar-refractivity contribution in [3.05, 3.63) is 67.4 Å². The highest BCUT2D eigenvalue weighted by Gasteiger charge is 2.32. The van der Waals surface area contributed by atoms with Crippen LogP contribution in [0.25, 0.3) is 11.3 Å². The van der Waals surface area contributed by atoms with Gasteiger partial charge in [-0.15, -0.1) is 0 Å². The van der Waals surface area contributed by atoms with Crippen LogP contribution in [-0.4, -0.2) is 33.6 Å². The van der Waals surface area contributed by atoms with Crippen LogP contribution in [0.1, 0.15) is 23.2 Å². The minimum atomic E-state index is -1.05. The van der Waals surface area contributed by atoms with Crippen molar-refractivity contribution in [2.45, 2.75) is 18.9 Å². The minimum Gasteiger partial charge on any atom is -0.483 e. The Morgan fingerprint density at radius 1 is 1.33 bits per heavy atom. The molecule has 0 aliphatic heterocycles. The number of para-hydroxylation sites is 1. The van der Waals surface area contributed by atoms with Crippen molar-refractivity contribution in [2.75, 3.05) is 6.61 Å². The van der Waals surface area contributed by atoms with Crippen LogP contribution in [0.5, 0.6) is 5.75 Å². The lowest BCUT2D eigenvalue weighted by Gasteiger charge is -2.11. The monoisotopic (exact) mass is 373 g/mol. The van der Waals surface area contributed by atoms with Crippen LogP contribution >= 0.6 is 0 Å². The molecule has 1 aliphatic carbocycles. The number of aromatic amines is 2. The minimum absolute atomic E-state index is 0.00783. The number of esters is 1. The maximum Gasteiger partial charge on any atom is 0.346 e. The maximum absolute atomic E-state index is 12.3. The number of benzene rings is 1. The molecular weight excluding hydrogens is 358 g/mol. The highest BCUT2D eigenvalue weighted by atomic mass is 16.6. The Bertz CT molecular complexity index is 1030. The van der Waals surface area contributed by atoms with E-state index in [9.17, 15) is 24.5 Å². The van der Waals surface area contributed by atoms with Gasteiger partial charge in [0.25, 0.3) is 5.56 Å². The predicted octanol–water partition coefficient (Wildman–Crippen LogP) is 1.52. The van der Waals surface area contributed by atoms with Crippen molar-refractivity contribution < 1.29 is 19.2 Å². The summed E-state index contributed by atoms with van der Waals surface area (Å²) in [6, 6.07) is 4.20. The number of ether oxygens (including phenoxy) is 2. The van der Waals surface area contributed by atoms with Gasteiger partial charge in [0.1, 0.15) is 12.2 Å². The van der Waals surface area contributed by atoms with Crippen molar-refractivity contribution in [3.63, 3.8) is 0 Å². The smallest absolute Gasteiger partial charge is 0.346 e. The van der Waals surface area contributed by atoms with Gasteiger partial charge >= 0.3 is 17.3 Å². The zero-order chi connectivity index (χ0) is 19.6. The number of hydrogen-bond acceptors (Lipinski definition) is 7. The zero-order valence-electron chi connectivity index (χ0n) is 14.0. The van der Waals surface area contributed by atoms with E-state index in [0.717, 1.165) is 12.8 Å². The first-order valence-corrected chi connectivity index (χ1v) is 8.01. The van der Waals surface area contributed by atoms with Crippen molar-refractivity contribution in [3.8, 4) is 17.0 Å². The highest BCUT2D eigenvalue weighted by Crippen LogP contribution is 2.40. The first kappa shape index (κ1) is 18.1. The number of carbonyl (C=O) groups is 1. The Hall–Kier alpha value is -3.69. The van der Waals surface area contributed by atoms with E-state index < -0.39 is 33.4 Å². The summed E-state index contributed by atoms with van der Waals surface area (Å²) in [5.41, 5.74) is -3.40. The summed E-state index contributed by atoms with van der Waals surface area (Å²) in [5.74, 6) is -1.06. The van der Waals surface area contributed by atoms with Gasteiger partial charge in [-0.05, 0) is 25.0 Å². The Morgan fingerprint density at radius 2 is 2.07 bits per heavy atom. The molecule has 27 heavy (non-hydrogen) atoms. The van der Waals surface area contributed by atoms with Gasteiger partial charge in [-0.2, -0.15) is 0 Å². The summed E-state index contributed by atoms with van der Waals surface area (Å²) < 4.78 is 10.4. The number of nitro groups is 1. The van der Waals surface area contributed by atoms with Crippen LogP contribution < -0.4 is 16.0 Å². The Labute approximate surface area is 151 Å². The summed E-state index contributed by atoms with van der Waals surface area (Å²) in [4.78, 5) is 51.4. The second kappa shape index (κ2) is 7.28. The number of carbonyl (C=O) groups excluding carboxylic acids is 1. The predicted molar refractivity (Wildman–Crippen MR) is 93.9 cm³/mol. The fourth-order valence-electron chi connectivity index (χ4n) is 2.46. The van der Waals surface area contributed by atoms with E-state index >= 15 is 0 Å². The fraction of sp³-hybridized carbons (Fsp3) is 0.235. The standard InChI is InChI=1S/C17H15N3O7/c1-2-8-26-16(22)12-13(18-17(23)19-15(12)21)10-4-3-5-11(14(10)20(24)25)27-9-6-7-9/h2-5,9H,1,6-8H2,(H2,18,19,21,23). The van der Waals surface area contributed by atoms with E-state index in [4.69, 9.17) is 9.47 Å². The third-order valence-electron chi connectivity index (χ3n) is 3.75. The van der Waals surface area contributed by atoms with Gasteiger partial charge in [0.15, 0.2) is 5.75 Å². The molecule has 10 heteroatoms. The second-order valence-electron chi connectivity index (χ2n) is 5.77. The molecule has 0 radical (unpaired) electrons. The zero-order valence-corrected chi connectivity index (χ0v) is 14.0. The van der Waals surface area contributed by atoms with Gasteiger partial charge in [-0.1, -0.05) is 18.7 Å². The molecule has 0 spiro atoms. The van der Waals surface area contributed by atoms with Crippen molar-refractivity contribution in [1.82, 2.24) is 9.97 Å². The third-order valence-corrected chi connectivity index (χ3v) is 3.75. The first-order valence-electron chi connectivity index (χ1n) is 8.01. The van der Waals surface area contributed by atoms with Crippen LogP contribution in [0.3, 0.4) is 0 Å². The number of nitro benzene ring substituents is 1. The molecule has 2 aromatic rings. The highest BCUT2D eigenvalue weighted by molar-refractivity contribution is 5.97. The lowest BCUT2D eigenvalue weighted by atomic mass is 10.0. The molecule has 1 heterocycles. The van der Waals surface area contributed by atoms with Gasteiger partial charge in [0.2, 0.25) is 0 Å². The fourth-order valence-corrected chi connectivity index (χ4v) is 2.46. The van der Waals surface area contributed by atoms with Gasteiger partial charge in [-0.3, -0.25) is 19.9 Å². The molecule has 1 aromatic carbocycles. The second-order valence-corrected chi connectivity index (χ2v) is 5.77. The molecule has 0 bridgehead atoms. The summed E-state index contributed by atoms with van der Waals surface area (Å²) in [6.07, 6.45) is 2.74. The molecular formula is C17H15N3O7. The third kappa shape index (κ3) is 3.78. The molecule has 0 atom stereocenters. The molecule has 1 saturated carbocycles. The largest absolute Gasteiger partial charge is 0.483 e. The van der Waals surface area contributed by atoms with E-state index in [0.29, 0.717) is 0 Å². The summed E-state index contributed by atoms with van der Waals surface area (Å²) in [6.45, 7) is 3.22. The van der Waals surface area contributed by atoms with Crippen molar-refractivity contribution in [1.29, 1.82) is 0 Å². The Balaban J connectivity index is 2.22. The number of aromatic nitrogens is 2. The quantitative estimate of drug-likeness (QED) is 0.324. The van der Waals surface area contributed by atoms with E-state index in [2.05, 4.69) is 11.6 Å². The molecule has 0 unspecified atom stereocenters. The molecule has 1 aliphatic rings. The van der Waals surface area contributed by atoms with Crippen LogP contribution in [0.4, 0.5) is 5.69 Å². The van der Waals surface area contributed by atoms with Crippen LogP contribution in [0.2, 0.25) is 0 Å². The normalized spacial score (nSPS) is 13.0. The van der Waals surface area contributed by atoms with E-state index in [-0.39, 0.29) is 29.7 Å². The number of rotatable bonds is 7. The van der Waals surface area contributed by atoms with Crippen molar-refractivity contribution >= 4 is 11.7 Å². The van der Waals surface area contributed by atoms with E-state index in [1.165, 1.54) is 24.3 Å². The SMILES string of the molecule is C=CCOC(=O)c1c(-c2cccc(OC3CC3)c2[N+](=O)[O-])[nH]c(=O)[nH]c1=O. The molecule has 10 nitrogen and oxygen atoms in total. The molecule has 0 amide bonds. The molecule has 1 aromatic heterocycles. The number of nitrogens with zero attached hydrogens (tertiary/aromatic N) is 1. The number of hydrogen-bond donors (Lipinski definition) is 2. The molecule has 140 valence electrons. The topological polar surface area (TPSA) is 144 Å². The molecule has 3 rings (SSSR count). The molecule has 2 N–H and O–H groups in total. The summed E-state index contributed by atoms with van der Waals surface area (Å²) in [5, 5.41) is 11.7. The lowest BCUT2D eigenvalue weighted by molar-refractivity contribution is -0.385. The maximum atomic E-state index is 12.3. The van der Waals surface area contributed by atoms with Crippen molar-refractivity contribution in [2.24, 2.45) is 0 Å².